The van der Waals surface area contributed by atoms with Crippen molar-refractivity contribution in [2.45, 2.75) is 13.3 Å². The molecule has 4 aromatic rings. The van der Waals surface area contributed by atoms with Gasteiger partial charge in [-0.1, -0.05) is 66.2 Å². The Labute approximate surface area is 136 Å². The van der Waals surface area contributed by atoms with Crippen molar-refractivity contribution in [3.63, 3.8) is 0 Å². The van der Waals surface area contributed by atoms with E-state index in [2.05, 4.69) is 96.6 Å². The third-order valence-corrected chi connectivity index (χ3v) is 4.34. The quantitative estimate of drug-likeness (QED) is 0.468. The minimum Gasteiger partial charge on any atom is -0.316 e. The fourth-order valence-corrected chi connectivity index (χ4v) is 3.13. The van der Waals surface area contributed by atoms with Crippen LogP contribution in [0.4, 0.5) is 0 Å². The first kappa shape index (κ1) is 13.8. The molecule has 112 valence electrons. The summed E-state index contributed by atoms with van der Waals surface area (Å²) in [5.41, 5.74) is 6.48. The summed E-state index contributed by atoms with van der Waals surface area (Å²) in [5, 5.41) is 1.33. The lowest BCUT2D eigenvalue weighted by Gasteiger charge is -2.05. The second-order valence-electron chi connectivity index (χ2n) is 6.04. The molecule has 0 aliphatic carbocycles. The van der Waals surface area contributed by atoms with Crippen LogP contribution in [0.15, 0.2) is 85.1 Å². The number of rotatable bonds is 3. The molecule has 0 unspecified atom stereocenters. The minimum atomic E-state index is 0.959. The molecular formula is C22H19N. The van der Waals surface area contributed by atoms with E-state index in [1.807, 2.05) is 0 Å². The first-order valence-electron chi connectivity index (χ1n) is 8.01. The number of hydrogen-bond acceptors (Lipinski definition) is 0. The first-order chi connectivity index (χ1) is 11.3. The van der Waals surface area contributed by atoms with E-state index in [0.29, 0.717) is 0 Å². The lowest BCUT2D eigenvalue weighted by molar-refractivity contribution is 1.09. The predicted molar refractivity (Wildman–Crippen MR) is 97.3 cm³/mol. The van der Waals surface area contributed by atoms with E-state index < -0.39 is 0 Å². The van der Waals surface area contributed by atoms with Gasteiger partial charge in [-0.3, -0.25) is 0 Å². The van der Waals surface area contributed by atoms with Gasteiger partial charge in [-0.05, 0) is 42.7 Å². The fourth-order valence-electron chi connectivity index (χ4n) is 3.13. The van der Waals surface area contributed by atoms with Crippen molar-refractivity contribution in [2.24, 2.45) is 0 Å². The smallest absolute Gasteiger partial charge is 0.0531 e. The van der Waals surface area contributed by atoms with E-state index in [0.717, 1.165) is 6.42 Å². The van der Waals surface area contributed by atoms with Crippen molar-refractivity contribution in [1.29, 1.82) is 0 Å². The van der Waals surface area contributed by atoms with Crippen LogP contribution in [0.2, 0.25) is 0 Å². The van der Waals surface area contributed by atoms with Gasteiger partial charge in [0, 0.05) is 17.3 Å². The molecule has 1 heterocycles. The number of para-hydroxylation sites is 1. The van der Waals surface area contributed by atoms with E-state index in [4.69, 9.17) is 0 Å². The van der Waals surface area contributed by atoms with E-state index in [1.165, 1.54) is 33.3 Å². The number of aromatic nitrogens is 1. The Morgan fingerprint density at radius 1 is 0.739 bits per heavy atom. The molecule has 0 N–H and O–H groups in total. The maximum atomic E-state index is 2.30. The van der Waals surface area contributed by atoms with Gasteiger partial charge in [0.2, 0.25) is 0 Å². The zero-order valence-electron chi connectivity index (χ0n) is 13.2. The van der Waals surface area contributed by atoms with Gasteiger partial charge in [-0.25, -0.2) is 0 Å². The lowest BCUT2D eigenvalue weighted by atomic mass is 10.0. The number of aryl methyl sites for hydroxylation is 1. The molecule has 0 saturated carbocycles. The number of fused-ring (bicyclic) bond motifs is 1. The van der Waals surface area contributed by atoms with Crippen molar-refractivity contribution < 1.29 is 0 Å². The average Bonchev–Trinajstić information content (AvgIpc) is 2.95. The highest BCUT2D eigenvalue weighted by atomic mass is 15.0. The monoisotopic (exact) mass is 297 g/mol. The van der Waals surface area contributed by atoms with Gasteiger partial charge < -0.3 is 4.57 Å². The molecule has 3 aromatic carbocycles. The minimum absolute atomic E-state index is 0.959. The molecular weight excluding hydrogens is 278 g/mol. The van der Waals surface area contributed by atoms with Crippen molar-refractivity contribution >= 4 is 10.9 Å². The highest BCUT2D eigenvalue weighted by Gasteiger charge is 2.09. The van der Waals surface area contributed by atoms with E-state index in [9.17, 15) is 0 Å². The second-order valence-corrected chi connectivity index (χ2v) is 6.04. The van der Waals surface area contributed by atoms with Gasteiger partial charge in [0.15, 0.2) is 0 Å². The van der Waals surface area contributed by atoms with Crippen molar-refractivity contribution in [3.8, 4) is 5.69 Å². The van der Waals surface area contributed by atoms with Crippen LogP contribution in [0.5, 0.6) is 0 Å². The molecule has 23 heavy (non-hydrogen) atoms. The molecule has 0 spiro atoms. The second kappa shape index (κ2) is 5.77. The molecule has 0 saturated heterocycles. The Balaban J connectivity index is 1.84. The summed E-state index contributed by atoms with van der Waals surface area (Å²) in [6.45, 7) is 2.12. The third kappa shape index (κ3) is 2.66. The highest BCUT2D eigenvalue weighted by molar-refractivity contribution is 5.86. The predicted octanol–water partition coefficient (Wildman–Crippen LogP) is 5.53. The Morgan fingerprint density at radius 2 is 1.43 bits per heavy atom. The molecule has 0 aliphatic rings. The maximum Gasteiger partial charge on any atom is 0.0531 e. The molecule has 4 rings (SSSR count). The molecule has 1 heteroatoms. The van der Waals surface area contributed by atoms with Crippen LogP contribution in [0.25, 0.3) is 16.6 Å². The Hall–Kier alpha value is -2.80. The molecule has 0 aliphatic heterocycles. The van der Waals surface area contributed by atoms with Crippen LogP contribution in [0.3, 0.4) is 0 Å². The summed E-state index contributed by atoms with van der Waals surface area (Å²) in [5.74, 6) is 0. The standard InChI is InChI=1S/C22H19N/c1-17-11-13-20(14-12-17)23-16-19(15-18-7-3-2-4-8-18)21-9-5-6-10-22(21)23/h2-14,16H,15H2,1H3. The van der Waals surface area contributed by atoms with Crippen LogP contribution in [0.1, 0.15) is 16.7 Å². The maximum absolute atomic E-state index is 2.30. The van der Waals surface area contributed by atoms with Crippen molar-refractivity contribution in [3.05, 3.63) is 102 Å². The molecule has 0 fully saturated rings. The van der Waals surface area contributed by atoms with Crippen LogP contribution in [-0.4, -0.2) is 4.57 Å². The highest BCUT2D eigenvalue weighted by Crippen LogP contribution is 2.26. The van der Waals surface area contributed by atoms with Gasteiger partial charge in [0.1, 0.15) is 0 Å². The molecule has 1 aromatic heterocycles. The Kier molecular flexibility index (Phi) is 3.47. The Bertz CT molecular complexity index is 931. The summed E-state index contributed by atoms with van der Waals surface area (Å²) < 4.78 is 2.30. The summed E-state index contributed by atoms with van der Waals surface area (Å²) in [4.78, 5) is 0. The third-order valence-electron chi connectivity index (χ3n) is 4.34. The lowest BCUT2D eigenvalue weighted by Crippen LogP contribution is -1.91. The topological polar surface area (TPSA) is 4.93 Å². The fraction of sp³-hybridized carbons (Fsp3) is 0.0909. The van der Waals surface area contributed by atoms with E-state index in [1.54, 1.807) is 0 Å². The molecule has 0 radical (unpaired) electrons. The number of benzene rings is 3. The van der Waals surface area contributed by atoms with Gasteiger partial charge in [0.25, 0.3) is 0 Å². The van der Waals surface area contributed by atoms with Gasteiger partial charge in [-0.15, -0.1) is 0 Å². The van der Waals surface area contributed by atoms with E-state index in [-0.39, 0.29) is 0 Å². The summed E-state index contributed by atoms with van der Waals surface area (Å²) in [7, 11) is 0. The van der Waals surface area contributed by atoms with Crippen LogP contribution >= 0.6 is 0 Å². The van der Waals surface area contributed by atoms with Gasteiger partial charge in [0.05, 0.1) is 5.52 Å². The SMILES string of the molecule is Cc1ccc(-n2cc(Cc3ccccc3)c3ccccc32)cc1. The normalized spacial score (nSPS) is 11.0. The summed E-state index contributed by atoms with van der Waals surface area (Å²) in [6, 6.07) is 28.0. The summed E-state index contributed by atoms with van der Waals surface area (Å²) >= 11 is 0. The molecule has 0 atom stereocenters. The van der Waals surface area contributed by atoms with Gasteiger partial charge in [-0.2, -0.15) is 0 Å². The van der Waals surface area contributed by atoms with Crippen molar-refractivity contribution in [1.82, 2.24) is 4.57 Å². The molecule has 0 bridgehead atoms. The zero-order valence-corrected chi connectivity index (χ0v) is 13.2. The average molecular weight is 297 g/mol. The molecule has 0 amide bonds. The van der Waals surface area contributed by atoms with Crippen LogP contribution in [0, 0.1) is 6.92 Å². The largest absolute Gasteiger partial charge is 0.316 e. The Morgan fingerprint density at radius 3 is 2.22 bits per heavy atom. The van der Waals surface area contributed by atoms with Crippen molar-refractivity contribution in [2.75, 3.05) is 0 Å². The number of nitrogens with zero attached hydrogens (tertiary/aromatic N) is 1. The van der Waals surface area contributed by atoms with Crippen LogP contribution < -0.4 is 0 Å². The first-order valence-corrected chi connectivity index (χ1v) is 8.01. The van der Waals surface area contributed by atoms with Gasteiger partial charge >= 0.3 is 0 Å². The zero-order chi connectivity index (χ0) is 15.6. The van der Waals surface area contributed by atoms with E-state index >= 15 is 0 Å². The van der Waals surface area contributed by atoms with Crippen LogP contribution in [-0.2, 0) is 6.42 Å². The molecule has 1 nitrogen and oxygen atoms in total. The number of hydrogen-bond donors (Lipinski definition) is 0. The summed E-state index contributed by atoms with van der Waals surface area (Å²) in [6.07, 6.45) is 3.24.